The molecular formula is C12H25N3OS. The molecule has 1 amide bonds. The molecule has 17 heavy (non-hydrogen) atoms. The van der Waals surface area contributed by atoms with Crippen LogP contribution < -0.4 is 10.6 Å². The van der Waals surface area contributed by atoms with Gasteiger partial charge in [0.25, 0.3) is 0 Å². The number of hydrogen-bond acceptors (Lipinski definition) is 4. The summed E-state index contributed by atoms with van der Waals surface area (Å²) in [4.78, 5) is 14.1. The summed E-state index contributed by atoms with van der Waals surface area (Å²) in [5, 5.41) is 6.35. The van der Waals surface area contributed by atoms with E-state index < -0.39 is 0 Å². The Labute approximate surface area is 109 Å². The van der Waals surface area contributed by atoms with Gasteiger partial charge in [0.2, 0.25) is 5.91 Å². The van der Waals surface area contributed by atoms with Crippen molar-refractivity contribution in [1.82, 2.24) is 15.5 Å². The van der Waals surface area contributed by atoms with E-state index in [9.17, 15) is 4.79 Å². The lowest BCUT2D eigenvalue weighted by Gasteiger charge is -2.27. The molecule has 1 fully saturated rings. The minimum absolute atomic E-state index is 0.129. The van der Waals surface area contributed by atoms with Crippen LogP contribution in [0.25, 0.3) is 0 Å². The van der Waals surface area contributed by atoms with Crippen molar-refractivity contribution in [3.05, 3.63) is 0 Å². The van der Waals surface area contributed by atoms with Crippen molar-refractivity contribution >= 4 is 17.7 Å². The van der Waals surface area contributed by atoms with Crippen LogP contribution in [0.5, 0.6) is 0 Å². The zero-order valence-electron chi connectivity index (χ0n) is 11.0. The first-order chi connectivity index (χ1) is 8.24. The van der Waals surface area contributed by atoms with Gasteiger partial charge in [0.05, 0.1) is 0 Å². The van der Waals surface area contributed by atoms with Crippen molar-refractivity contribution in [2.24, 2.45) is 5.92 Å². The fourth-order valence-electron chi connectivity index (χ4n) is 1.95. The molecule has 2 N–H and O–H groups in total. The molecule has 0 aromatic heterocycles. The number of nitrogens with zero attached hydrogens (tertiary/aromatic N) is 1. The van der Waals surface area contributed by atoms with Gasteiger partial charge < -0.3 is 15.5 Å². The SMILES string of the molecule is CSCC(C)C(=O)NCCCN1CCNCC1. The van der Waals surface area contributed by atoms with Gasteiger partial charge in [-0.05, 0) is 19.2 Å². The van der Waals surface area contributed by atoms with Gasteiger partial charge in [-0.2, -0.15) is 11.8 Å². The Balaban J connectivity index is 2.01. The van der Waals surface area contributed by atoms with Crippen molar-refractivity contribution in [2.75, 3.05) is 51.3 Å². The number of carbonyl (C=O) groups is 1. The summed E-state index contributed by atoms with van der Waals surface area (Å²) in [6, 6.07) is 0. The van der Waals surface area contributed by atoms with E-state index in [-0.39, 0.29) is 11.8 Å². The van der Waals surface area contributed by atoms with Gasteiger partial charge in [-0.25, -0.2) is 0 Å². The molecule has 0 spiro atoms. The Bertz CT molecular complexity index is 220. The first kappa shape index (κ1) is 14.8. The average Bonchev–Trinajstić information content (AvgIpc) is 2.36. The van der Waals surface area contributed by atoms with E-state index in [1.807, 2.05) is 13.2 Å². The molecule has 1 saturated heterocycles. The first-order valence-corrected chi connectivity index (χ1v) is 7.83. The Kier molecular flexibility index (Phi) is 7.64. The highest BCUT2D eigenvalue weighted by Crippen LogP contribution is 2.04. The van der Waals surface area contributed by atoms with Crippen LogP contribution >= 0.6 is 11.8 Å². The van der Waals surface area contributed by atoms with E-state index in [2.05, 4.69) is 15.5 Å². The summed E-state index contributed by atoms with van der Waals surface area (Å²) in [6.45, 7) is 8.35. The summed E-state index contributed by atoms with van der Waals surface area (Å²) >= 11 is 1.72. The van der Waals surface area contributed by atoms with Gasteiger partial charge in [-0.15, -0.1) is 0 Å². The van der Waals surface area contributed by atoms with E-state index in [0.29, 0.717) is 0 Å². The van der Waals surface area contributed by atoms with E-state index >= 15 is 0 Å². The number of carbonyl (C=O) groups excluding carboxylic acids is 1. The largest absolute Gasteiger partial charge is 0.356 e. The standard InChI is InChI=1S/C12H25N3OS/c1-11(10-17-2)12(16)14-4-3-7-15-8-5-13-6-9-15/h11,13H,3-10H2,1-2H3,(H,14,16). The fourth-order valence-corrected chi connectivity index (χ4v) is 2.60. The maximum absolute atomic E-state index is 11.6. The van der Waals surface area contributed by atoms with Gasteiger partial charge in [0.1, 0.15) is 0 Å². The number of amides is 1. The zero-order chi connectivity index (χ0) is 12.5. The fraction of sp³-hybridized carbons (Fsp3) is 0.917. The lowest BCUT2D eigenvalue weighted by molar-refractivity contribution is -0.123. The van der Waals surface area contributed by atoms with Crippen LogP contribution in [0.1, 0.15) is 13.3 Å². The third-order valence-corrected chi connectivity index (χ3v) is 3.86. The number of hydrogen-bond donors (Lipinski definition) is 2. The van der Waals surface area contributed by atoms with E-state index in [4.69, 9.17) is 0 Å². The number of nitrogens with one attached hydrogen (secondary N) is 2. The van der Waals surface area contributed by atoms with Gasteiger partial charge in [-0.3, -0.25) is 4.79 Å². The van der Waals surface area contributed by atoms with Crippen molar-refractivity contribution < 1.29 is 4.79 Å². The monoisotopic (exact) mass is 259 g/mol. The molecule has 1 unspecified atom stereocenters. The first-order valence-electron chi connectivity index (χ1n) is 6.43. The van der Waals surface area contributed by atoms with Crippen molar-refractivity contribution in [3.63, 3.8) is 0 Å². The Hall–Kier alpha value is -0.260. The van der Waals surface area contributed by atoms with Crippen LogP contribution in [0.15, 0.2) is 0 Å². The van der Waals surface area contributed by atoms with Crippen LogP contribution in [0, 0.1) is 5.92 Å². The molecule has 1 rings (SSSR count). The lowest BCUT2D eigenvalue weighted by Crippen LogP contribution is -2.44. The molecule has 1 aliphatic heterocycles. The Morgan fingerprint density at radius 1 is 1.47 bits per heavy atom. The van der Waals surface area contributed by atoms with E-state index in [1.165, 1.54) is 0 Å². The number of piperazine rings is 1. The van der Waals surface area contributed by atoms with Crippen molar-refractivity contribution in [1.29, 1.82) is 0 Å². The molecule has 0 aromatic rings. The second-order valence-electron chi connectivity index (χ2n) is 4.59. The third-order valence-electron chi connectivity index (χ3n) is 3.02. The highest BCUT2D eigenvalue weighted by Gasteiger charge is 2.12. The molecule has 100 valence electrons. The smallest absolute Gasteiger partial charge is 0.223 e. The quantitative estimate of drug-likeness (QED) is 0.650. The minimum Gasteiger partial charge on any atom is -0.356 e. The molecule has 0 aliphatic carbocycles. The topological polar surface area (TPSA) is 44.4 Å². The van der Waals surface area contributed by atoms with Crippen LogP contribution in [-0.2, 0) is 4.79 Å². The van der Waals surface area contributed by atoms with Crippen LogP contribution in [-0.4, -0.2) is 62.1 Å². The second-order valence-corrected chi connectivity index (χ2v) is 5.50. The normalized spacial score (nSPS) is 18.9. The average molecular weight is 259 g/mol. The Morgan fingerprint density at radius 3 is 2.82 bits per heavy atom. The lowest BCUT2D eigenvalue weighted by atomic mass is 10.2. The summed E-state index contributed by atoms with van der Waals surface area (Å²) in [7, 11) is 0. The second kappa shape index (κ2) is 8.78. The van der Waals surface area contributed by atoms with E-state index in [1.54, 1.807) is 11.8 Å². The van der Waals surface area contributed by atoms with Crippen molar-refractivity contribution in [3.8, 4) is 0 Å². The summed E-state index contributed by atoms with van der Waals surface area (Å²) in [6.07, 6.45) is 3.09. The summed E-state index contributed by atoms with van der Waals surface area (Å²) < 4.78 is 0. The molecule has 4 nitrogen and oxygen atoms in total. The van der Waals surface area contributed by atoms with E-state index in [0.717, 1.165) is 51.4 Å². The van der Waals surface area contributed by atoms with Gasteiger partial charge >= 0.3 is 0 Å². The minimum atomic E-state index is 0.129. The number of thioether (sulfide) groups is 1. The van der Waals surface area contributed by atoms with Crippen LogP contribution in [0.2, 0.25) is 0 Å². The molecule has 1 aliphatic rings. The maximum atomic E-state index is 11.6. The molecule has 5 heteroatoms. The molecule has 0 radical (unpaired) electrons. The van der Waals surface area contributed by atoms with Gasteiger partial charge in [0, 0.05) is 44.4 Å². The van der Waals surface area contributed by atoms with Crippen molar-refractivity contribution in [2.45, 2.75) is 13.3 Å². The maximum Gasteiger partial charge on any atom is 0.223 e. The molecule has 1 heterocycles. The molecule has 0 saturated carbocycles. The van der Waals surface area contributed by atoms with Crippen LogP contribution in [0.4, 0.5) is 0 Å². The Morgan fingerprint density at radius 2 is 2.18 bits per heavy atom. The summed E-state index contributed by atoms with van der Waals surface area (Å²) in [5.74, 6) is 1.23. The molecular weight excluding hydrogens is 234 g/mol. The number of rotatable bonds is 7. The summed E-state index contributed by atoms with van der Waals surface area (Å²) in [5.41, 5.74) is 0. The molecule has 0 aromatic carbocycles. The highest BCUT2D eigenvalue weighted by molar-refractivity contribution is 7.98. The third kappa shape index (κ3) is 6.29. The zero-order valence-corrected chi connectivity index (χ0v) is 11.8. The van der Waals surface area contributed by atoms with Gasteiger partial charge in [-0.1, -0.05) is 6.92 Å². The van der Waals surface area contributed by atoms with Gasteiger partial charge in [0.15, 0.2) is 0 Å². The molecule has 0 bridgehead atoms. The molecule has 1 atom stereocenters. The predicted octanol–water partition coefficient (Wildman–Crippen LogP) is 0.397. The predicted molar refractivity (Wildman–Crippen MR) is 74.5 cm³/mol. The highest BCUT2D eigenvalue weighted by atomic mass is 32.2. The van der Waals surface area contributed by atoms with Crippen LogP contribution in [0.3, 0.4) is 0 Å².